The summed E-state index contributed by atoms with van der Waals surface area (Å²) in [6, 6.07) is 11.7. The van der Waals surface area contributed by atoms with Gasteiger partial charge in [0, 0.05) is 24.0 Å². The fourth-order valence-electron chi connectivity index (χ4n) is 5.14. The number of carbonyl (C=O) groups is 5. The highest BCUT2D eigenvalue weighted by Gasteiger charge is 2.37. The number of hydrogen-bond acceptors (Lipinski definition) is 6. The molecule has 1 aliphatic rings. The van der Waals surface area contributed by atoms with Crippen LogP contribution in [-0.2, 0) is 35.8 Å². The summed E-state index contributed by atoms with van der Waals surface area (Å²) in [5.74, 6) is -15.5. The van der Waals surface area contributed by atoms with Crippen LogP contribution in [-0.4, -0.2) is 53.8 Å². The van der Waals surface area contributed by atoms with Gasteiger partial charge in [0.05, 0.1) is 12.3 Å². The number of Topliss-reactive ketones (excluding diaryl/α,β-unsaturated/α-hetero) is 1. The Kier molecular flexibility index (Phi) is 10.3. The van der Waals surface area contributed by atoms with Crippen LogP contribution in [0.2, 0.25) is 0 Å². The molecule has 2 atom stereocenters. The van der Waals surface area contributed by atoms with Gasteiger partial charge in [0.1, 0.15) is 12.6 Å². The van der Waals surface area contributed by atoms with Crippen LogP contribution in [0.1, 0.15) is 38.3 Å². The molecule has 1 aliphatic heterocycles. The maximum absolute atomic E-state index is 14.0. The summed E-state index contributed by atoms with van der Waals surface area (Å²) in [5, 5.41) is 14.2. The molecule has 10 nitrogen and oxygen atoms in total. The molecule has 1 heterocycles. The number of fused-ring (bicyclic) bond motifs is 1. The van der Waals surface area contributed by atoms with Crippen LogP contribution in [0, 0.1) is 29.2 Å². The molecule has 3 amide bonds. The maximum atomic E-state index is 14.0. The van der Waals surface area contributed by atoms with Gasteiger partial charge in [0.25, 0.3) is 0 Å². The van der Waals surface area contributed by atoms with E-state index >= 15 is 0 Å². The van der Waals surface area contributed by atoms with Gasteiger partial charge < -0.3 is 25.4 Å². The number of hydrogen-bond donors (Lipinski definition) is 3. The van der Waals surface area contributed by atoms with Crippen molar-refractivity contribution in [3.63, 3.8) is 0 Å². The Morgan fingerprint density at radius 2 is 1.57 bits per heavy atom. The minimum atomic E-state index is -1.91. The number of carboxylic acids is 1. The highest BCUT2D eigenvalue weighted by atomic mass is 19.2. The van der Waals surface area contributed by atoms with E-state index < -0.39 is 83.5 Å². The van der Waals surface area contributed by atoms with Gasteiger partial charge in [-0.2, -0.15) is 8.78 Å². The Bertz CT molecular complexity index is 1720. The quantitative estimate of drug-likeness (QED) is 0.177. The summed E-state index contributed by atoms with van der Waals surface area (Å²) in [6.45, 7) is 4.26. The molecule has 3 aromatic carbocycles. The van der Waals surface area contributed by atoms with Crippen LogP contribution in [0.5, 0.6) is 5.75 Å². The average Bonchev–Trinajstić information content (AvgIpc) is 3.02. The lowest BCUT2D eigenvalue weighted by molar-refractivity contribution is -0.141. The molecule has 0 aromatic heterocycles. The maximum Gasteiger partial charge on any atom is 0.316 e. The lowest BCUT2D eigenvalue weighted by Gasteiger charge is -2.34. The number of para-hydroxylation sites is 2. The molecular formula is C33H31F4N3O7. The normalized spacial score (nSPS) is 14.9. The van der Waals surface area contributed by atoms with Crippen molar-refractivity contribution < 1.29 is 51.4 Å². The van der Waals surface area contributed by atoms with Gasteiger partial charge in [0.2, 0.25) is 17.5 Å². The zero-order valence-corrected chi connectivity index (χ0v) is 25.5. The summed E-state index contributed by atoms with van der Waals surface area (Å²) in [4.78, 5) is 65.6. The molecule has 0 unspecified atom stereocenters. The van der Waals surface area contributed by atoms with Gasteiger partial charge in [-0.1, -0.05) is 57.2 Å². The highest BCUT2D eigenvalue weighted by molar-refractivity contribution is 6.44. The SMILES string of the molecule is CC(C)(C)c1ccccc1NC(=O)C(=O)N1C[C@H](C(=O)N[C@@H](CC(=O)O)C(=O)COc2c(F)c(F)cc(F)c2F)Cc2ccccc21. The second-order valence-corrected chi connectivity index (χ2v) is 11.9. The van der Waals surface area contributed by atoms with Crippen molar-refractivity contribution in [3.8, 4) is 5.75 Å². The molecular weight excluding hydrogens is 626 g/mol. The number of nitrogens with one attached hydrogen (secondary N) is 2. The zero-order valence-electron chi connectivity index (χ0n) is 25.5. The van der Waals surface area contributed by atoms with E-state index in [-0.39, 0.29) is 24.4 Å². The van der Waals surface area contributed by atoms with Crippen LogP contribution < -0.4 is 20.3 Å². The second kappa shape index (κ2) is 14.0. The molecule has 0 saturated carbocycles. The van der Waals surface area contributed by atoms with Crippen molar-refractivity contribution in [2.24, 2.45) is 5.92 Å². The predicted octanol–water partition coefficient (Wildman–Crippen LogP) is 4.29. The van der Waals surface area contributed by atoms with E-state index in [0.29, 0.717) is 16.9 Å². The Morgan fingerprint density at radius 3 is 2.21 bits per heavy atom. The Labute approximate surface area is 266 Å². The molecule has 0 bridgehead atoms. The molecule has 14 heteroatoms. The van der Waals surface area contributed by atoms with Gasteiger partial charge in [-0.25, -0.2) is 8.78 Å². The molecule has 248 valence electrons. The van der Waals surface area contributed by atoms with Crippen LogP contribution in [0.4, 0.5) is 28.9 Å². The molecule has 3 N–H and O–H groups in total. The Balaban J connectivity index is 1.52. The number of carboxylic acid groups (broad SMARTS) is 1. The first-order chi connectivity index (χ1) is 22.1. The van der Waals surface area contributed by atoms with E-state index in [0.717, 1.165) is 10.5 Å². The van der Waals surface area contributed by atoms with Crippen LogP contribution in [0.3, 0.4) is 0 Å². The summed E-state index contributed by atoms with van der Waals surface area (Å²) < 4.78 is 59.7. The van der Waals surface area contributed by atoms with E-state index in [4.69, 9.17) is 0 Å². The number of carbonyl (C=O) groups excluding carboxylic acids is 4. The molecule has 0 aliphatic carbocycles. The van der Waals surface area contributed by atoms with Crippen molar-refractivity contribution >= 4 is 40.8 Å². The number of aliphatic carboxylic acids is 1. The number of nitrogens with zero attached hydrogens (tertiary/aromatic N) is 1. The van der Waals surface area contributed by atoms with Crippen molar-refractivity contribution in [3.05, 3.63) is 89.0 Å². The Hall–Kier alpha value is -5.27. The van der Waals surface area contributed by atoms with Crippen molar-refractivity contribution in [2.45, 2.75) is 45.1 Å². The molecule has 0 fully saturated rings. The van der Waals surface area contributed by atoms with Gasteiger partial charge >= 0.3 is 17.8 Å². The molecule has 0 radical (unpaired) electrons. The first-order valence-electron chi connectivity index (χ1n) is 14.4. The summed E-state index contributed by atoms with van der Waals surface area (Å²) in [5.41, 5.74) is 1.73. The monoisotopic (exact) mass is 657 g/mol. The topological polar surface area (TPSA) is 142 Å². The standard InChI is InChI=1S/C33H31F4N3O7/c1-33(2,3)19-9-5-6-10-22(19)38-31(45)32(46)40-15-18(12-17-8-4-7-11-24(17)40)30(44)39-23(14-26(42)43)25(41)16-47-29-27(36)20(34)13-21(35)28(29)37/h4-11,13,18,23H,12,14-16H2,1-3H3,(H,38,45)(H,39,44)(H,42,43)/t18-,23+/m1/s1. The number of benzene rings is 3. The van der Waals surface area contributed by atoms with Crippen molar-refractivity contribution in [1.29, 1.82) is 0 Å². The summed E-state index contributed by atoms with van der Waals surface area (Å²) in [6.07, 6.45) is -0.929. The highest BCUT2D eigenvalue weighted by Crippen LogP contribution is 2.32. The summed E-state index contributed by atoms with van der Waals surface area (Å²) in [7, 11) is 0. The summed E-state index contributed by atoms with van der Waals surface area (Å²) >= 11 is 0. The van der Waals surface area contributed by atoms with E-state index in [9.17, 15) is 46.6 Å². The largest absolute Gasteiger partial charge is 0.481 e. The van der Waals surface area contributed by atoms with Crippen molar-refractivity contribution in [2.75, 3.05) is 23.4 Å². The van der Waals surface area contributed by atoms with Gasteiger partial charge in [-0.15, -0.1) is 0 Å². The van der Waals surface area contributed by atoms with Crippen LogP contribution >= 0.6 is 0 Å². The third-order valence-corrected chi connectivity index (χ3v) is 7.46. The van der Waals surface area contributed by atoms with E-state index in [2.05, 4.69) is 15.4 Å². The van der Waals surface area contributed by atoms with E-state index in [1.54, 1.807) is 42.5 Å². The fraction of sp³-hybridized carbons (Fsp3) is 0.303. The van der Waals surface area contributed by atoms with Crippen molar-refractivity contribution in [1.82, 2.24) is 5.32 Å². The third-order valence-electron chi connectivity index (χ3n) is 7.46. The minimum absolute atomic E-state index is 0.0454. The molecule has 3 aromatic rings. The lowest BCUT2D eigenvalue weighted by Crippen LogP contribution is -2.52. The Morgan fingerprint density at radius 1 is 0.957 bits per heavy atom. The predicted molar refractivity (Wildman–Crippen MR) is 161 cm³/mol. The molecule has 4 rings (SSSR count). The fourth-order valence-corrected chi connectivity index (χ4v) is 5.14. The minimum Gasteiger partial charge on any atom is -0.481 e. The molecule has 0 spiro atoms. The lowest BCUT2D eigenvalue weighted by atomic mass is 9.86. The number of anilines is 2. The number of amides is 3. The zero-order chi connectivity index (χ0) is 34.6. The second-order valence-electron chi connectivity index (χ2n) is 11.9. The number of halogens is 4. The molecule has 47 heavy (non-hydrogen) atoms. The van der Waals surface area contributed by atoms with Gasteiger partial charge in [-0.3, -0.25) is 24.0 Å². The third kappa shape index (κ3) is 7.94. The van der Waals surface area contributed by atoms with E-state index in [1.165, 1.54) is 0 Å². The smallest absolute Gasteiger partial charge is 0.316 e. The number of ether oxygens (including phenoxy) is 1. The number of ketones is 1. The average molecular weight is 658 g/mol. The van der Waals surface area contributed by atoms with Gasteiger partial charge in [-0.05, 0) is 35.1 Å². The first kappa shape index (κ1) is 34.6. The van der Waals surface area contributed by atoms with Gasteiger partial charge in [0.15, 0.2) is 23.2 Å². The molecule has 0 saturated heterocycles. The van der Waals surface area contributed by atoms with Crippen LogP contribution in [0.15, 0.2) is 54.6 Å². The van der Waals surface area contributed by atoms with Crippen LogP contribution in [0.25, 0.3) is 0 Å². The number of rotatable bonds is 9. The van der Waals surface area contributed by atoms with E-state index in [1.807, 2.05) is 26.8 Å². The first-order valence-corrected chi connectivity index (χ1v) is 14.4.